The normalized spacial score (nSPS) is 21.6. The third kappa shape index (κ3) is 3.11. The summed E-state index contributed by atoms with van der Waals surface area (Å²) in [4.78, 5) is 0. The van der Waals surface area contributed by atoms with Crippen molar-refractivity contribution in [3.63, 3.8) is 0 Å². The Morgan fingerprint density at radius 1 is 0.950 bits per heavy atom. The van der Waals surface area contributed by atoms with Gasteiger partial charge in [0.15, 0.2) is 0 Å². The van der Waals surface area contributed by atoms with Gasteiger partial charge in [0.2, 0.25) is 0 Å². The van der Waals surface area contributed by atoms with Crippen LogP contribution in [0.2, 0.25) is 0 Å². The predicted molar refractivity (Wildman–Crippen MR) is 80.2 cm³/mol. The van der Waals surface area contributed by atoms with Gasteiger partial charge in [-0.3, -0.25) is 0 Å². The molecular formula is C17H19NO2. The van der Waals surface area contributed by atoms with Gasteiger partial charge in [0.25, 0.3) is 0 Å². The summed E-state index contributed by atoms with van der Waals surface area (Å²) in [5, 5.41) is 13.2. The largest absolute Gasteiger partial charge is 0.457 e. The molecule has 20 heavy (non-hydrogen) atoms. The predicted octanol–water partition coefficient (Wildman–Crippen LogP) is 3.80. The fourth-order valence-electron chi connectivity index (χ4n) is 2.60. The third-order valence-corrected chi connectivity index (χ3v) is 3.64. The summed E-state index contributed by atoms with van der Waals surface area (Å²) in [6.45, 7) is 0. The van der Waals surface area contributed by atoms with E-state index in [1.165, 1.54) is 0 Å². The van der Waals surface area contributed by atoms with Gasteiger partial charge < -0.3 is 15.2 Å². The molecule has 1 aliphatic carbocycles. The maximum absolute atomic E-state index is 9.86. The molecule has 3 nitrogen and oxygen atoms in total. The fraction of sp³-hybridized carbons (Fsp3) is 0.294. The van der Waals surface area contributed by atoms with Crippen LogP contribution in [0.4, 0.5) is 5.69 Å². The van der Waals surface area contributed by atoms with Crippen LogP contribution in [0.1, 0.15) is 19.3 Å². The number of benzene rings is 2. The van der Waals surface area contributed by atoms with E-state index in [0.717, 1.165) is 36.4 Å². The quantitative estimate of drug-likeness (QED) is 0.887. The Kier molecular flexibility index (Phi) is 3.88. The average molecular weight is 269 g/mol. The van der Waals surface area contributed by atoms with Gasteiger partial charge in [-0.25, -0.2) is 0 Å². The monoisotopic (exact) mass is 269 g/mol. The van der Waals surface area contributed by atoms with Crippen LogP contribution in [0.25, 0.3) is 0 Å². The minimum atomic E-state index is -0.242. The lowest BCUT2D eigenvalue weighted by Crippen LogP contribution is -2.27. The molecule has 0 saturated heterocycles. The zero-order valence-corrected chi connectivity index (χ0v) is 11.3. The van der Waals surface area contributed by atoms with Crippen molar-refractivity contribution in [2.75, 3.05) is 5.32 Å². The van der Waals surface area contributed by atoms with E-state index >= 15 is 0 Å². The second-order valence-corrected chi connectivity index (χ2v) is 5.19. The molecule has 0 bridgehead atoms. The van der Waals surface area contributed by atoms with Gasteiger partial charge in [0, 0.05) is 11.8 Å². The summed E-state index contributed by atoms with van der Waals surface area (Å²) in [7, 11) is 0. The zero-order valence-electron chi connectivity index (χ0n) is 11.3. The van der Waals surface area contributed by atoms with E-state index in [2.05, 4.69) is 5.32 Å². The van der Waals surface area contributed by atoms with Gasteiger partial charge in [0.05, 0.1) is 12.1 Å². The van der Waals surface area contributed by atoms with Crippen molar-refractivity contribution in [3.8, 4) is 11.5 Å². The second-order valence-electron chi connectivity index (χ2n) is 5.19. The summed E-state index contributed by atoms with van der Waals surface area (Å²) >= 11 is 0. The molecule has 0 spiro atoms. The van der Waals surface area contributed by atoms with E-state index in [9.17, 15) is 5.11 Å². The van der Waals surface area contributed by atoms with Crippen molar-refractivity contribution in [1.82, 2.24) is 0 Å². The molecule has 2 aromatic carbocycles. The number of ether oxygens (including phenoxy) is 1. The second kappa shape index (κ2) is 5.97. The molecule has 1 saturated carbocycles. The standard InChI is InChI=1S/C17H19NO2/c19-17-11-5-10-16(17)18-13-6-4-9-15(12-13)20-14-7-2-1-3-8-14/h1-4,6-9,12,16-19H,5,10-11H2/t16-,17-/m1/s1. The van der Waals surface area contributed by atoms with Crippen LogP contribution in [0.3, 0.4) is 0 Å². The molecule has 2 aromatic rings. The van der Waals surface area contributed by atoms with Crippen LogP contribution in [-0.4, -0.2) is 17.3 Å². The molecule has 0 radical (unpaired) electrons. The summed E-state index contributed by atoms with van der Waals surface area (Å²) in [6, 6.07) is 17.8. The molecule has 2 N–H and O–H groups in total. The van der Waals surface area contributed by atoms with E-state index in [-0.39, 0.29) is 12.1 Å². The van der Waals surface area contributed by atoms with Crippen LogP contribution < -0.4 is 10.1 Å². The number of anilines is 1. The van der Waals surface area contributed by atoms with Crippen LogP contribution in [0.5, 0.6) is 11.5 Å². The lowest BCUT2D eigenvalue weighted by Gasteiger charge is -2.18. The number of nitrogens with one attached hydrogen (secondary N) is 1. The molecule has 0 heterocycles. The van der Waals surface area contributed by atoms with Gasteiger partial charge in [-0.1, -0.05) is 24.3 Å². The number of hydrogen-bond acceptors (Lipinski definition) is 3. The Hall–Kier alpha value is -2.00. The molecule has 1 aliphatic rings. The van der Waals surface area contributed by atoms with E-state index in [1.807, 2.05) is 54.6 Å². The van der Waals surface area contributed by atoms with Crippen molar-refractivity contribution >= 4 is 5.69 Å². The smallest absolute Gasteiger partial charge is 0.129 e. The third-order valence-electron chi connectivity index (χ3n) is 3.64. The Balaban J connectivity index is 1.69. The van der Waals surface area contributed by atoms with Crippen molar-refractivity contribution in [1.29, 1.82) is 0 Å². The summed E-state index contributed by atoms with van der Waals surface area (Å²) in [6.07, 6.45) is 2.75. The van der Waals surface area contributed by atoms with Gasteiger partial charge in [-0.15, -0.1) is 0 Å². The summed E-state index contributed by atoms with van der Waals surface area (Å²) < 4.78 is 5.81. The summed E-state index contributed by atoms with van der Waals surface area (Å²) in [5.74, 6) is 1.62. The lowest BCUT2D eigenvalue weighted by molar-refractivity contribution is 0.172. The molecule has 104 valence electrons. The van der Waals surface area contributed by atoms with Crippen molar-refractivity contribution in [2.45, 2.75) is 31.4 Å². The zero-order chi connectivity index (χ0) is 13.8. The first-order valence-electron chi connectivity index (χ1n) is 7.09. The highest BCUT2D eigenvalue weighted by atomic mass is 16.5. The van der Waals surface area contributed by atoms with Gasteiger partial charge >= 0.3 is 0 Å². The molecule has 1 fully saturated rings. The summed E-state index contributed by atoms with van der Waals surface area (Å²) in [5.41, 5.74) is 0.990. The molecule has 0 aromatic heterocycles. The SMILES string of the molecule is O[C@@H]1CCC[C@H]1Nc1cccc(Oc2ccccc2)c1. The Morgan fingerprint density at radius 2 is 1.75 bits per heavy atom. The number of aliphatic hydroxyl groups excluding tert-OH is 1. The van der Waals surface area contributed by atoms with Gasteiger partial charge in [-0.05, 0) is 43.5 Å². The highest BCUT2D eigenvalue weighted by Crippen LogP contribution is 2.27. The molecule has 0 amide bonds. The molecule has 2 atom stereocenters. The van der Waals surface area contributed by atoms with Crippen LogP contribution in [0, 0.1) is 0 Å². The minimum Gasteiger partial charge on any atom is -0.457 e. The highest BCUT2D eigenvalue weighted by molar-refractivity contribution is 5.50. The van der Waals surface area contributed by atoms with Gasteiger partial charge in [-0.2, -0.15) is 0 Å². The fourth-order valence-corrected chi connectivity index (χ4v) is 2.60. The van der Waals surface area contributed by atoms with Crippen LogP contribution >= 0.6 is 0 Å². The number of para-hydroxylation sites is 1. The first-order chi connectivity index (χ1) is 9.81. The highest BCUT2D eigenvalue weighted by Gasteiger charge is 2.24. The van der Waals surface area contributed by atoms with Gasteiger partial charge in [0.1, 0.15) is 11.5 Å². The number of hydrogen-bond donors (Lipinski definition) is 2. The minimum absolute atomic E-state index is 0.155. The van der Waals surface area contributed by atoms with Crippen LogP contribution in [-0.2, 0) is 0 Å². The number of aliphatic hydroxyl groups is 1. The van der Waals surface area contributed by atoms with Crippen LogP contribution in [0.15, 0.2) is 54.6 Å². The van der Waals surface area contributed by atoms with E-state index in [0.29, 0.717) is 0 Å². The molecule has 0 aliphatic heterocycles. The van der Waals surface area contributed by atoms with Crippen molar-refractivity contribution in [2.24, 2.45) is 0 Å². The Morgan fingerprint density at radius 3 is 2.50 bits per heavy atom. The average Bonchev–Trinajstić information content (AvgIpc) is 2.86. The molecular weight excluding hydrogens is 250 g/mol. The van der Waals surface area contributed by atoms with E-state index in [4.69, 9.17) is 4.74 Å². The Bertz CT molecular complexity index is 556. The lowest BCUT2D eigenvalue weighted by atomic mass is 10.2. The van der Waals surface area contributed by atoms with E-state index in [1.54, 1.807) is 0 Å². The molecule has 0 unspecified atom stereocenters. The van der Waals surface area contributed by atoms with Crippen molar-refractivity contribution in [3.05, 3.63) is 54.6 Å². The first kappa shape index (κ1) is 13.0. The van der Waals surface area contributed by atoms with Crippen molar-refractivity contribution < 1.29 is 9.84 Å². The Labute approximate surface area is 119 Å². The maximum atomic E-state index is 9.86. The number of rotatable bonds is 4. The first-order valence-corrected chi connectivity index (χ1v) is 7.09. The maximum Gasteiger partial charge on any atom is 0.129 e. The topological polar surface area (TPSA) is 41.5 Å². The molecule has 3 heteroatoms. The molecule has 3 rings (SSSR count). The van der Waals surface area contributed by atoms with E-state index < -0.39 is 0 Å².